The first-order chi connectivity index (χ1) is 7.79. The highest BCUT2D eigenvalue weighted by atomic mass is 16.5. The van der Waals surface area contributed by atoms with Crippen molar-refractivity contribution in [3.05, 3.63) is 30.1 Å². The predicted octanol–water partition coefficient (Wildman–Crippen LogP) is -0.0598. The Bertz CT molecular complexity index is 350. The molecule has 1 aromatic rings. The molecule has 1 atom stereocenters. The van der Waals surface area contributed by atoms with Crippen molar-refractivity contribution in [3.8, 4) is 0 Å². The molecule has 0 radical (unpaired) electrons. The minimum atomic E-state index is -0.391. The number of carbonyl (C=O) groups is 1. The zero-order valence-corrected chi connectivity index (χ0v) is 9.00. The second-order valence-corrected chi connectivity index (χ2v) is 3.74. The molecular formula is C11H15N3O2. The number of morpholine rings is 1. The van der Waals surface area contributed by atoms with Gasteiger partial charge >= 0.3 is 0 Å². The van der Waals surface area contributed by atoms with Gasteiger partial charge in [0, 0.05) is 25.5 Å². The molecule has 0 aromatic carbocycles. The van der Waals surface area contributed by atoms with Gasteiger partial charge in [0.1, 0.15) is 6.04 Å². The van der Waals surface area contributed by atoms with E-state index in [0.29, 0.717) is 13.2 Å². The fraction of sp³-hybridized carbons (Fsp3) is 0.455. The highest BCUT2D eigenvalue weighted by Gasteiger charge is 2.27. The van der Waals surface area contributed by atoms with Gasteiger partial charge in [-0.05, 0) is 11.6 Å². The molecule has 1 aromatic heterocycles. The SMILES string of the molecule is NC(=O)[C@H](c1cccnc1)N1CCOCC1. The minimum absolute atomic E-state index is 0.338. The van der Waals surface area contributed by atoms with Gasteiger partial charge < -0.3 is 10.5 Å². The van der Waals surface area contributed by atoms with Crippen molar-refractivity contribution in [2.24, 2.45) is 5.73 Å². The van der Waals surface area contributed by atoms with Crippen LogP contribution in [-0.4, -0.2) is 42.1 Å². The number of nitrogens with zero attached hydrogens (tertiary/aromatic N) is 2. The standard InChI is InChI=1S/C11H15N3O2/c12-11(15)10(9-2-1-3-13-8-9)14-4-6-16-7-5-14/h1-3,8,10H,4-7H2,(H2,12,15)/t10-/m0/s1. The predicted molar refractivity (Wildman–Crippen MR) is 58.6 cm³/mol. The lowest BCUT2D eigenvalue weighted by atomic mass is 10.1. The van der Waals surface area contributed by atoms with Crippen LogP contribution in [0.4, 0.5) is 0 Å². The smallest absolute Gasteiger partial charge is 0.239 e. The molecule has 1 aliphatic rings. The zero-order chi connectivity index (χ0) is 11.4. The highest BCUT2D eigenvalue weighted by Crippen LogP contribution is 2.20. The van der Waals surface area contributed by atoms with Crippen LogP contribution < -0.4 is 5.73 Å². The summed E-state index contributed by atoms with van der Waals surface area (Å²) in [5.74, 6) is -0.338. The lowest BCUT2D eigenvalue weighted by molar-refractivity contribution is -0.125. The molecule has 2 N–H and O–H groups in total. The summed E-state index contributed by atoms with van der Waals surface area (Å²) in [5, 5.41) is 0. The molecular weight excluding hydrogens is 206 g/mol. The molecule has 0 bridgehead atoms. The quantitative estimate of drug-likeness (QED) is 0.776. The van der Waals surface area contributed by atoms with Crippen LogP contribution in [-0.2, 0) is 9.53 Å². The third kappa shape index (κ3) is 2.37. The summed E-state index contributed by atoms with van der Waals surface area (Å²) in [6, 6.07) is 3.29. The fourth-order valence-corrected chi connectivity index (χ4v) is 1.93. The molecule has 0 spiro atoms. The number of carbonyl (C=O) groups excluding carboxylic acids is 1. The normalized spacial score (nSPS) is 19.2. The number of nitrogens with two attached hydrogens (primary N) is 1. The molecule has 2 rings (SSSR count). The Morgan fingerprint density at radius 1 is 1.50 bits per heavy atom. The number of aromatic nitrogens is 1. The number of amides is 1. The highest BCUT2D eigenvalue weighted by molar-refractivity contribution is 5.81. The Balaban J connectivity index is 2.20. The molecule has 86 valence electrons. The van der Waals surface area contributed by atoms with Crippen LogP contribution in [0.5, 0.6) is 0 Å². The number of hydrogen-bond donors (Lipinski definition) is 1. The van der Waals surface area contributed by atoms with Crippen molar-refractivity contribution in [1.29, 1.82) is 0 Å². The van der Waals surface area contributed by atoms with E-state index in [4.69, 9.17) is 10.5 Å². The maximum Gasteiger partial charge on any atom is 0.239 e. The molecule has 2 heterocycles. The van der Waals surface area contributed by atoms with Crippen molar-refractivity contribution in [2.75, 3.05) is 26.3 Å². The van der Waals surface area contributed by atoms with Crippen molar-refractivity contribution in [1.82, 2.24) is 9.88 Å². The third-order valence-corrected chi connectivity index (χ3v) is 2.68. The summed E-state index contributed by atoms with van der Waals surface area (Å²) < 4.78 is 5.26. The molecule has 0 aliphatic carbocycles. The monoisotopic (exact) mass is 221 g/mol. The summed E-state index contributed by atoms with van der Waals surface area (Å²) in [7, 11) is 0. The summed E-state index contributed by atoms with van der Waals surface area (Å²) in [4.78, 5) is 17.6. The lowest BCUT2D eigenvalue weighted by Crippen LogP contribution is -2.44. The van der Waals surface area contributed by atoms with Gasteiger partial charge in [-0.25, -0.2) is 0 Å². The van der Waals surface area contributed by atoms with E-state index < -0.39 is 6.04 Å². The Kier molecular flexibility index (Phi) is 3.48. The fourth-order valence-electron chi connectivity index (χ4n) is 1.93. The van der Waals surface area contributed by atoms with Gasteiger partial charge in [0.15, 0.2) is 0 Å². The van der Waals surface area contributed by atoms with E-state index in [-0.39, 0.29) is 5.91 Å². The first kappa shape index (κ1) is 11.0. The van der Waals surface area contributed by atoms with E-state index in [0.717, 1.165) is 18.7 Å². The molecule has 0 saturated carbocycles. The maximum absolute atomic E-state index is 11.5. The molecule has 0 unspecified atom stereocenters. The van der Waals surface area contributed by atoms with Crippen LogP contribution in [0.15, 0.2) is 24.5 Å². The van der Waals surface area contributed by atoms with Crippen LogP contribution in [0.1, 0.15) is 11.6 Å². The minimum Gasteiger partial charge on any atom is -0.379 e. The molecule has 5 nitrogen and oxygen atoms in total. The van der Waals surface area contributed by atoms with Crippen LogP contribution >= 0.6 is 0 Å². The molecule has 1 aliphatic heterocycles. The first-order valence-corrected chi connectivity index (χ1v) is 5.30. The second-order valence-electron chi connectivity index (χ2n) is 3.74. The molecule has 1 saturated heterocycles. The van der Waals surface area contributed by atoms with E-state index >= 15 is 0 Å². The van der Waals surface area contributed by atoms with Crippen LogP contribution in [0.3, 0.4) is 0 Å². The topological polar surface area (TPSA) is 68.5 Å². The summed E-state index contributed by atoms with van der Waals surface area (Å²) in [5.41, 5.74) is 6.29. The summed E-state index contributed by atoms with van der Waals surface area (Å²) in [6.07, 6.45) is 3.37. The average molecular weight is 221 g/mol. The van der Waals surface area contributed by atoms with Gasteiger partial charge in [0.05, 0.1) is 13.2 Å². The van der Waals surface area contributed by atoms with Gasteiger partial charge in [0.25, 0.3) is 0 Å². The van der Waals surface area contributed by atoms with Crippen LogP contribution in [0.25, 0.3) is 0 Å². The van der Waals surface area contributed by atoms with Crippen molar-refractivity contribution in [2.45, 2.75) is 6.04 Å². The maximum atomic E-state index is 11.5. The van der Waals surface area contributed by atoms with Gasteiger partial charge in [-0.2, -0.15) is 0 Å². The van der Waals surface area contributed by atoms with Crippen LogP contribution in [0, 0.1) is 0 Å². The van der Waals surface area contributed by atoms with E-state index in [1.165, 1.54) is 0 Å². The largest absolute Gasteiger partial charge is 0.379 e. The second kappa shape index (κ2) is 5.05. The van der Waals surface area contributed by atoms with E-state index in [2.05, 4.69) is 4.98 Å². The number of rotatable bonds is 3. The first-order valence-electron chi connectivity index (χ1n) is 5.30. The van der Waals surface area contributed by atoms with Crippen molar-refractivity contribution >= 4 is 5.91 Å². The zero-order valence-electron chi connectivity index (χ0n) is 9.00. The molecule has 5 heteroatoms. The van der Waals surface area contributed by atoms with Crippen molar-refractivity contribution in [3.63, 3.8) is 0 Å². The van der Waals surface area contributed by atoms with E-state index in [1.54, 1.807) is 12.4 Å². The Morgan fingerprint density at radius 2 is 2.25 bits per heavy atom. The van der Waals surface area contributed by atoms with Gasteiger partial charge in [-0.15, -0.1) is 0 Å². The van der Waals surface area contributed by atoms with E-state index in [1.807, 2.05) is 17.0 Å². The molecule has 1 amide bonds. The van der Waals surface area contributed by atoms with Crippen molar-refractivity contribution < 1.29 is 9.53 Å². The van der Waals surface area contributed by atoms with Gasteiger partial charge in [0.2, 0.25) is 5.91 Å². The summed E-state index contributed by atoms with van der Waals surface area (Å²) in [6.45, 7) is 2.74. The number of ether oxygens (including phenoxy) is 1. The Hall–Kier alpha value is -1.46. The van der Waals surface area contributed by atoms with Gasteiger partial charge in [-0.1, -0.05) is 6.07 Å². The van der Waals surface area contributed by atoms with Gasteiger partial charge in [-0.3, -0.25) is 14.7 Å². The van der Waals surface area contributed by atoms with E-state index in [9.17, 15) is 4.79 Å². The van der Waals surface area contributed by atoms with Crippen LogP contribution in [0.2, 0.25) is 0 Å². The number of pyridine rings is 1. The Morgan fingerprint density at radius 3 is 2.81 bits per heavy atom. The number of primary amides is 1. The average Bonchev–Trinajstić information content (AvgIpc) is 2.31. The molecule has 1 fully saturated rings. The molecule has 16 heavy (non-hydrogen) atoms. The summed E-state index contributed by atoms with van der Waals surface area (Å²) >= 11 is 0. The number of hydrogen-bond acceptors (Lipinski definition) is 4. The Labute approximate surface area is 94.2 Å². The lowest BCUT2D eigenvalue weighted by Gasteiger charge is -2.32. The third-order valence-electron chi connectivity index (χ3n) is 2.68.